The number of nitrogens with two attached hydrogens (primary N) is 1. The Morgan fingerprint density at radius 1 is 1.50 bits per heavy atom. The molecule has 4 heteroatoms. The number of nitrogens with zero attached hydrogens (tertiary/aromatic N) is 2. The van der Waals surface area contributed by atoms with E-state index < -0.39 is 0 Å². The zero-order valence-electron chi connectivity index (χ0n) is 8.11. The highest BCUT2D eigenvalue weighted by Crippen LogP contribution is 2.16. The first kappa shape index (κ1) is 8.74. The van der Waals surface area contributed by atoms with Crippen molar-refractivity contribution in [3.63, 3.8) is 0 Å². The molecule has 2 aromatic rings. The van der Waals surface area contributed by atoms with Crippen molar-refractivity contribution in [2.24, 2.45) is 0 Å². The maximum atomic E-state index is 11.4. The fourth-order valence-corrected chi connectivity index (χ4v) is 1.64. The molecule has 14 heavy (non-hydrogen) atoms. The van der Waals surface area contributed by atoms with E-state index in [4.69, 9.17) is 5.73 Å². The molecule has 0 fully saturated rings. The first-order valence-corrected chi connectivity index (χ1v) is 4.35. The van der Waals surface area contributed by atoms with Crippen molar-refractivity contribution in [3.05, 3.63) is 29.6 Å². The number of pyridine rings is 1. The second-order valence-electron chi connectivity index (χ2n) is 3.25. The quantitative estimate of drug-likeness (QED) is 0.690. The minimum atomic E-state index is -0.0205. The van der Waals surface area contributed by atoms with Crippen molar-refractivity contribution in [1.29, 1.82) is 0 Å². The van der Waals surface area contributed by atoms with Crippen molar-refractivity contribution in [2.75, 3.05) is 5.73 Å². The number of hydrogen-bond donors (Lipinski definition) is 1. The van der Waals surface area contributed by atoms with Crippen LogP contribution in [0.5, 0.6) is 0 Å². The highest BCUT2D eigenvalue weighted by Gasteiger charge is 2.13. The highest BCUT2D eigenvalue weighted by atomic mass is 16.1. The number of ketones is 1. The molecule has 0 unspecified atom stereocenters. The summed E-state index contributed by atoms with van der Waals surface area (Å²) in [5, 5.41) is 0. The van der Waals surface area contributed by atoms with E-state index in [0.717, 1.165) is 5.69 Å². The Bertz CT molecular complexity index is 513. The largest absolute Gasteiger partial charge is 0.385 e. The molecule has 0 saturated heterocycles. The van der Waals surface area contributed by atoms with Crippen LogP contribution in [0, 0.1) is 6.92 Å². The molecule has 2 rings (SSSR count). The van der Waals surface area contributed by atoms with E-state index >= 15 is 0 Å². The van der Waals surface area contributed by atoms with E-state index in [-0.39, 0.29) is 5.78 Å². The minimum Gasteiger partial charge on any atom is -0.385 e. The van der Waals surface area contributed by atoms with Crippen molar-refractivity contribution in [3.8, 4) is 0 Å². The minimum absolute atomic E-state index is 0.0205. The van der Waals surface area contributed by atoms with Gasteiger partial charge in [-0.3, -0.25) is 9.20 Å². The van der Waals surface area contributed by atoms with Crippen LogP contribution in [-0.2, 0) is 0 Å². The van der Waals surface area contributed by atoms with Crippen LogP contribution >= 0.6 is 0 Å². The Labute approximate surface area is 81.4 Å². The molecule has 0 bridgehead atoms. The van der Waals surface area contributed by atoms with Crippen LogP contribution in [0.3, 0.4) is 0 Å². The summed E-state index contributed by atoms with van der Waals surface area (Å²) in [5.74, 6) is 0.515. The summed E-state index contributed by atoms with van der Waals surface area (Å²) < 4.78 is 1.68. The van der Waals surface area contributed by atoms with Gasteiger partial charge in [0, 0.05) is 6.92 Å². The van der Waals surface area contributed by atoms with Gasteiger partial charge in [-0.2, -0.15) is 0 Å². The van der Waals surface area contributed by atoms with E-state index in [1.54, 1.807) is 10.5 Å². The van der Waals surface area contributed by atoms with Gasteiger partial charge in [-0.15, -0.1) is 0 Å². The third-order valence-electron chi connectivity index (χ3n) is 2.18. The van der Waals surface area contributed by atoms with Gasteiger partial charge in [-0.1, -0.05) is 6.07 Å². The molecule has 0 aromatic carbocycles. The van der Waals surface area contributed by atoms with Crippen LogP contribution in [-0.4, -0.2) is 15.2 Å². The van der Waals surface area contributed by atoms with Crippen LogP contribution in [0.1, 0.15) is 23.1 Å². The SMILES string of the molecule is CC(=O)c1c(C)nc2cccc(N)n12. The van der Waals surface area contributed by atoms with Crippen LogP contribution in [0.4, 0.5) is 5.82 Å². The average molecular weight is 189 g/mol. The Hall–Kier alpha value is -1.84. The Morgan fingerprint density at radius 3 is 2.86 bits per heavy atom. The molecule has 72 valence electrons. The fourth-order valence-electron chi connectivity index (χ4n) is 1.64. The lowest BCUT2D eigenvalue weighted by Crippen LogP contribution is -2.04. The normalized spacial score (nSPS) is 10.7. The number of hydrogen-bond acceptors (Lipinski definition) is 3. The van der Waals surface area contributed by atoms with Gasteiger partial charge in [-0.25, -0.2) is 4.98 Å². The van der Waals surface area contributed by atoms with Crippen LogP contribution < -0.4 is 5.73 Å². The van der Waals surface area contributed by atoms with Gasteiger partial charge < -0.3 is 5.73 Å². The summed E-state index contributed by atoms with van der Waals surface area (Å²) in [6.07, 6.45) is 0. The molecule has 0 atom stereocenters. The smallest absolute Gasteiger partial charge is 0.178 e. The third kappa shape index (κ3) is 1.08. The summed E-state index contributed by atoms with van der Waals surface area (Å²) in [6.45, 7) is 3.33. The number of aryl methyl sites for hydroxylation is 1. The van der Waals surface area contributed by atoms with E-state index in [0.29, 0.717) is 17.2 Å². The number of Topliss-reactive ketones (excluding diaryl/α,β-unsaturated/α-hetero) is 1. The Balaban J connectivity index is 2.93. The second-order valence-corrected chi connectivity index (χ2v) is 3.25. The molecule has 0 saturated carbocycles. The lowest BCUT2D eigenvalue weighted by atomic mass is 10.2. The Kier molecular flexibility index (Phi) is 1.77. The van der Waals surface area contributed by atoms with Crippen LogP contribution in [0.25, 0.3) is 5.65 Å². The molecule has 0 amide bonds. The van der Waals surface area contributed by atoms with Crippen molar-refractivity contribution in [1.82, 2.24) is 9.38 Å². The highest BCUT2D eigenvalue weighted by molar-refractivity contribution is 5.95. The van der Waals surface area contributed by atoms with Gasteiger partial charge in [0.2, 0.25) is 0 Å². The molecule has 0 aliphatic rings. The van der Waals surface area contributed by atoms with Crippen molar-refractivity contribution < 1.29 is 4.79 Å². The monoisotopic (exact) mass is 189 g/mol. The number of rotatable bonds is 1. The summed E-state index contributed by atoms with van der Waals surface area (Å²) in [4.78, 5) is 15.6. The molecular formula is C10H11N3O. The van der Waals surface area contributed by atoms with Gasteiger partial charge in [-0.05, 0) is 19.1 Å². The van der Waals surface area contributed by atoms with Gasteiger partial charge >= 0.3 is 0 Å². The topological polar surface area (TPSA) is 60.4 Å². The number of aromatic nitrogens is 2. The number of imidazole rings is 1. The number of fused-ring (bicyclic) bond motifs is 1. The van der Waals surface area contributed by atoms with Gasteiger partial charge in [0.1, 0.15) is 17.2 Å². The van der Waals surface area contributed by atoms with E-state index in [9.17, 15) is 4.79 Å². The lowest BCUT2D eigenvalue weighted by molar-refractivity contribution is 0.101. The molecule has 0 radical (unpaired) electrons. The third-order valence-corrected chi connectivity index (χ3v) is 2.18. The van der Waals surface area contributed by atoms with E-state index in [2.05, 4.69) is 4.98 Å². The van der Waals surface area contributed by atoms with Gasteiger partial charge in [0.15, 0.2) is 5.78 Å². The molecule has 2 N–H and O–H groups in total. The molecule has 4 nitrogen and oxygen atoms in total. The standard InChI is InChI=1S/C10H11N3O/c1-6-10(7(2)14)13-8(11)4-3-5-9(13)12-6/h3-5H,11H2,1-2H3. The van der Waals surface area contributed by atoms with Gasteiger partial charge in [0.25, 0.3) is 0 Å². The maximum Gasteiger partial charge on any atom is 0.178 e. The van der Waals surface area contributed by atoms with Crippen LogP contribution in [0.2, 0.25) is 0 Å². The summed E-state index contributed by atoms with van der Waals surface area (Å²) in [5.41, 5.74) is 7.78. The number of nitrogen functional groups attached to an aromatic ring is 1. The number of carbonyl (C=O) groups excluding carboxylic acids is 1. The molecule has 0 spiro atoms. The zero-order valence-corrected chi connectivity index (χ0v) is 8.11. The first-order chi connectivity index (χ1) is 6.61. The van der Waals surface area contributed by atoms with Crippen molar-refractivity contribution in [2.45, 2.75) is 13.8 Å². The summed E-state index contributed by atoms with van der Waals surface area (Å²) in [6, 6.07) is 5.40. The second kappa shape index (κ2) is 2.83. The first-order valence-electron chi connectivity index (χ1n) is 4.35. The Morgan fingerprint density at radius 2 is 2.21 bits per heavy atom. The maximum absolute atomic E-state index is 11.4. The summed E-state index contributed by atoms with van der Waals surface area (Å²) >= 11 is 0. The molecule has 0 aliphatic heterocycles. The molecule has 2 heterocycles. The predicted molar refractivity (Wildman–Crippen MR) is 54.3 cm³/mol. The lowest BCUT2D eigenvalue weighted by Gasteiger charge is -2.01. The average Bonchev–Trinajstić information content (AvgIpc) is 2.42. The fraction of sp³-hybridized carbons (Fsp3) is 0.200. The van der Waals surface area contributed by atoms with E-state index in [1.165, 1.54) is 6.92 Å². The van der Waals surface area contributed by atoms with Crippen molar-refractivity contribution >= 4 is 17.2 Å². The molecule has 0 aliphatic carbocycles. The predicted octanol–water partition coefficient (Wildman–Crippen LogP) is 1.43. The number of carbonyl (C=O) groups is 1. The zero-order chi connectivity index (χ0) is 10.3. The molecule has 2 aromatic heterocycles. The van der Waals surface area contributed by atoms with E-state index in [1.807, 2.05) is 19.1 Å². The molecular weight excluding hydrogens is 178 g/mol. The number of anilines is 1. The summed E-state index contributed by atoms with van der Waals surface area (Å²) in [7, 11) is 0. The van der Waals surface area contributed by atoms with Crippen LogP contribution in [0.15, 0.2) is 18.2 Å². The van der Waals surface area contributed by atoms with Gasteiger partial charge in [0.05, 0.1) is 5.69 Å².